The van der Waals surface area contributed by atoms with E-state index >= 15 is 0 Å². The molecule has 2 unspecified atom stereocenters. The Morgan fingerprint density at radius 3 is 3.00 bits per heavy atom. The molecule has 2 aliphatic heterocycles. The van der Waals surface area contributed by atoms with Crippen molar-refractivity contribution in [1.82, 2.24) is 20.6 Å². The fraction of sp³-hybridized carbons (Fsp3) is 0.529. The number of aliphatic hydroxyl groups excluding tert-OH is 2. The molecule has 5 N–H and O–H groups in total. The number of nitrogens with one attached hydrogen (secondary N) is 3. The smallest absolute Gasteiger partial charge is 0.183 e. The van der Waals surface area contributed by atoms with E-state index in [-0.39, 0.29) is 17.4 Å². The fourth-order valence-corrected chi connectivity index (χ4v) is 3.84. The van der Waals surface area contributed by atoms with Gasteiger partial charge in [-0.2, -0.15) is 0 Å². The Morgan fingerprint density at radius 1 is 1.31 bits per heavy atom. The molecule has 0 bridgehead atoms. The molecule has 1 saturated carbocycles. The summed E-state index contributed by atoms with van der Waals surface area (Å²) in [7, 11) is 0. The van der Waals surface area contributed by atoms with Crippen LogP contribution >= 0.6 is 11.6 Å². The third kappa shape index (κ3) is 3.29. The quantitative estimate of drug-likeness (QED) is 0.491. The first kappa shape index (κ1) is 17.7. The average Bonchev–Trinajstić information content (AvgIpc) is 3.04. The molecule has 4 rings (SSSR count). The molecule has 1 aromatic heterocycles. The number of halogens is 2. The van der Waals surface area contributed by atoms with Gasteiger partial charge in [-0.15, -0.1) is 11.6 Å². The Hall–Kier alpha value is -1.74. The van der Waals surface area contributed by atoms with Crippen molar-refractivity contribution in [3.8, 4) is 0 Å². The molecule has 0 saturated heterocycles. The van der Waals surface area contributed by atoms with Crippen LogP contribution in [0.5, 0.6) is 0 Å². The predicted octanol–water partition coefficient (Wildman–Crippen LogP) is 0.709. The zero-order valence-electron chi connectivity index (χ0n) is 14.0. The standard InChI is InChI=1S/C17H21ClFN5O2/c18-8-4-9-10(6-21-15(9)20-5-8)16-22-7-11(19)17(24-16)23-12-2-1-3-13(25)14(12)26/h4,6-8,12-15,20-21,25-26H,1-3,5H2,(H,22,23,24)/t8?,12-,13+,14-,15?/m1/s1. The van der Waals surface area contributed by atoms with E-state index in [4.69, 9.17) is 11.6 Å². The number of anilines is 1. The number of aliphatic hydroxyl groups is 2. The number of hydrogen-bond donors (Lipinski definition) is 5. The summed E-state index contributed by atoms with van der Waals surface area (Å²) in [6.45, 7) is 0.656. The molecule has 0 spiro atoms. The normalized spacial score (nSPS) is 33.8. The molecule has 0 radical (unpaired) electrons. The van der Waals surface area contributed by atoms with Gasteiger partial charge in [0.2, 0.25) is 0 Å². The van der Waals surface area contributed by atoms with Crippen LogP contribution in [-0.2, 0) is 0 Å². The summed E-state index contributed by atoms with van der Waals surface area (Å²) in [6, 6.07) is -0.456. The topological polar surface area (TPSA) is 102 Å². The monoisotopic (exact) mass is 381 g/mol. The highest BCUT2D eigenvalue weighted by Crippen LogP contribution is 2.31. The Bertz CT molecular complexity index is 759. The lowest BCUT2D eigenvalue weighted by molar-refractivity contribution is -0.0162. The van der Waals surface area contributed by atoms with Crippen LogP contribution < -0.4 is 16.0 Å². The molecule has 1 aliphatic carbocycles. The van der Waals surface area contributed by atoms with Crippen LogP contribution in [-0.4, -0.2) is 56.5 Å². The van der Waals surface area contributed by atoms with E-state index in [2.05, 4.69) is 25.9 Å². The van der Waals surface area contributed by atoms with Gasteiger partial charge in [0.1, 0.15) is 6.17 Å². The van der Waals surface area contributed by atoms with Crippen molar-refractivity contribution >= 4 is 23.0 Å². The van der Waals surface area contributed by atoms with Gasteiger partial charge in [-0.3, -0.25) is 5.32 Å². The number of rotatable bonds is 3. The number of nitrogens with zero attached hydrogens (tertiary/aromatic N) is 2. The van der Waals surface area contributed by atoms with Gasteiger partial charge in [-0.1, -0.05) is 6.08 Å². The van der Waals surface area contributed by atoms with Crippen LogP contribution in [0.4, 0.5) is 10.2 Å². The first-order valence-corrected chi connectivity index (χ1v) is 9.18. The minimum Gasteiger partial charge on any atom is -0.390 e. The summed E-state index contributed by atoms with van der Waals surface area (Å²) < 4.78 is 14.2. The third-order valence-electron chi connectivity index (χ3n) is 5.02. The molecular formula is C17H21ClFN5O2. The van der Waals surface area contributed by atoms with E-state index in [0.717, 1.165) is 23.8 Å². The lowest BCUT2D eigenvalue weighted by Crippen LogP contribution is -2.45. The van der Waals surface area contributed by atoms with Crippen LogP contribution in [0.2, 0.25) is 0 Å². The molecule has 0 amide bonds. The molecule has 26 heavy (non-hydrogen) atoms. The highest BCUT2D eigenvalue weighted by atomic mass is 35.5. The second kappa shape index (κ2) is 7.11. The van der Waals surface area contributed by atoms with E-state index in [1.54, 1.807) is 6.20 Å². The van der Waals surface area contributed by atoms with E-state index in [1.165, 1.54) is 0 Å². The Kier molecular flexibility index (Phi) is 4.83. The van der Waals surface area contributed by atoms with Crippen LogP contribution in [0, 0.1) is 5.82 Å². The summed E-state index contributed by atoms with van der Waals surface area (Å²) in [4.78, 5) is 8.42. The third-order valence-corrected chi connectivity index (χ3v) is 5.30. The van der Waals surface area contributed by atoms with Crippen LogP contribution in [0.1, 0.15) is 25.1 Å². The second-order valence-corrected chi connectivity index (χ2v) is 7.39. The summed E-state index contributed by atoms with van der Waals surface area (Å²) in [5.74, 6) is -0.215. The number of aromatic nitrogens is 2. The largest absolute Gasteiger partial charge is 0.390 e. The van der Waals surface area contributed by atoms with Crippen molar-refractivity contribution in [2.45, 2.75) is 49.1 Å². The van der Waals surface area contributed by atoms with Gasteiger partial charge in [-0.25, -0.2) is 14.4 Å². The second-order valence-electron chi connectivity index (χ2n) is 6.83. The maximum Gasteiger partial charge on any atom is 0.183 e. The molecule has 0 aromatic carbocycles. The van der Waals surface area contributed by atoms with Crippen molar-refractivity contribution in [2.75, 3.05) is 11.9 Å². The zero-order valence-corrected chi connectivity index (χ0v) is 14.7. The SMILES string of the molecule is O[C@H]1[C@@H](O)CCC[C@H]1Nc1nc(C2=CNC3NCC(Cl)C=C23)ncc1F. The fourth-order valence-electron chi connectivity index (χ4n) is 3.62. The number of alkyl halides is 1. The van der Waals surface area contributed by atoms with Gasteiger partial charge >= 0.3 is 0 Å². The zero-order chi connectivity index (χ0) is 18.3. The highest BCUT2D eigenvalue weighted by molar-refractivity contribution is 6.22. The lowest BCUT2D eigenvalue weighted by Gasteiger charge is -2.32. The van der Waals surface area contributed by atoms with Gasteiger partial charge in [0, 0.05) is 18.3 Å². The maximum absolute atomic E-state index is 14.2. The summed E-state index contributed by atoms with van der Waals surface area (Å²) >= 11 is 6.19. The van der Waals surface area contributed by atoms with Crippen LogP contribution in [0.15, 0.2) is 24.0 Å². The highest BCUT2D eigenvalue weighted by Gasteiger charge is 2.32. The minimum absolute atomic E-state index is 0.0179. The molecule has 7 nitrogen and oxygen atoms in total. The summed E-state index contributed by atoms with van der Waals surface area (Å²) in [6.07, 6.45) is 4.93. The molecular weight excluding hydrogens is 361 g/mol. The van der Waals surface area contributed by atoms with Crippen molar-refractivity contribution in [2.24, 2.45) is 0 Å². The summed E-state index contributed by atoms with van der Waals surface area (Å²) in [5, 5.41) is 29.2. The van der Waals surface area contributed by atoms with Crippen molar-refractivity contribution in [3.63, 3.8) is 0 Å². The van der Waals surface area contributed by atoms with Crippen molar-refractivity contribution in [1.29, 1.82) is 0 Å². The molecule has 1 aromatic rings. The van der Waals surface area contributed by atoms with Gasteiger partial charge in [0.05, 0.1) is 29.8 Å². The molecule has 1 fully saturated rings. The maximum atomic E-state index is 14.2. The molecule has 9 heteroatoms. The van der Waals surface area contributed by atoms with Gasteiger partial charge in [0.15, 0.2) is 17.5 Å². The van der Waals surface area contributed by atoms with E-state index in [1.807, 2.05) is 6.08 Å². The van der Waals surface area contributed by atoms with Gasteiger partial charge in [0.25, 0.3) is 0 Å². The number of fused-ring (bicyclic) bond motifs is 1. The Labute approximate surface area is 155 Å². The van der Waals surface area contributed by atoms with E-state index < -0.39 is 24.1 Å². The molecule has 3 aliphatic rings. The predicted molar refractivity (Wildman–Crippen MR) is 95.9 cm³/mol. The van der Waals surface area contributed by atoms with Crippen molar-refractivity contribution < 1.29 is 14.6 Å². The van der Waals surface area contributed by atoms with E-state index in [9.17, 15) is 14.6 Å². The molecule has 140 valence electrons. The van der Waals surface area contributed by atoms with Gasteiger partial charge in [-0.05, 0) is 24.8 Å². The van der Waals surface area contributed by atoms with Crippen LogP contribution in [0.3, 0.4) is 0 Å². The average molecular weight is 382 g/mol. The first-order valence-electron chi connectivity index (χ1n) is 8.74. The van der Waals surface area contributed by atoms with E-state index in [0.29, 0.717) is 25.2 Å². The van der Waals surface area contributed by atoms with Gasteiger partial charge < -0.3 is 20.8 Å². The Morgan fingerprint density at radius 2 is 2.15 bits per heavy atom. The molecule has 5 atom stereocenters. The van der Waals surface area contributed by atoms with Crippen LogP contribution in [0.25, 0.3) is 5.57 Å². The lowest BCUT2D eigenvalue weighted by atomic mass is 9.90. The first-order chi connectivity index (χ1) is 12.5. The molecule has 3 heterocycles. The Balaban J connectivity index is 1.59. The number of hydrogen-bond acceptors (Lipinski definition) is 7. The summed E-state index contributed by atoms with van der Waals surface area (Å²) in [5.41, 5.74) is 1.68. The van der Waals surface area contributed by atoms with Crippen molar-refractivity contribution in [3.05, 3.63) is 35.7 Å². The minimum atomic E-state index is -0.958.